The molecule has 0 amide bonds. The summed E-state index contributed by atoms with van der Waals surface area (Å²) in [7, 11) is 0. The van der Waals surface area contributed by atoms with Crippen molar-refractivity contribution in [3.05, 3.63) is 47.5 Å². The minimum atomic E-state index is -4.34. The fourth-order valence-electron chi connectivity index (χ4n) is 1.35. The lowest BCUT2D eigenvalue weighted by molar-refractivity contribution is -0.137. The lowest BCUT2D eigenvalue weighted by Gasteiger charge is -2.07. The lowest BCUT2D eigenvalue weighted by Crippen LogP contribution is -2.04. The molecule has 0 fully saturated rings. The Morgan fingerprint density at radius 1 is 1.06 bits per heavy atom. The van der Waals surface area contributed by atoms with Crippen molar-refractivity contribution in [1.82, 2.24) is 9.97 Å². The summed E-state index contributed by atoms with van der Waals surface area (Å²) in [6.07, 6.45) is -1.61. The van der Waals surface area contributed by atoms with Crippen molar-refractivity contribution in [2.24, 2.45) is 0 Å². The summed E-state index contributed by atoms with van der Waals surface area (Å²) in [5.74, 6) is 0. The number of alkyl halides is 3. The third-order valence-electron chi connectivity index (χ3n) is 2.19. The molecule has 1 heterocycles. The van der Waals surface area contributed by atoms with Crippen LogP contribution in [0, 0.1) is 0 Å². The summed E-state index contributed by atoms with van der Waals surface area (Å²) in [5, 5.41) is 0.208. The predicted octanol–water partition coefficient (Wildman–Crippen LogP) is 3.82. The lowest BCUT2D eigenvalue weighted by atomic mass is 10.1. The van der Waals surface area contributed by atoms with E-state index in [2.05, 4.69) is 9.97 Å². The zero-order valence-corrected chi connectivity index (χ0v) is 9.13. The van der Waals surface area contributed by atoms with E-state index in [0.717, 1.165) is 12.1 Å². The highest BCUT2D eigenvalue weighted by Gasteiger charge is 2.30. The van der Waals surface area contributed by atoms with Crippen LogP contribution in [0.4, 0.5) is 13.2 Å². The molecule has 2 aromatic rings. The van der Waals surface area contributed by atoms with Crippen LogP contribution in [0.25, 0.3) is 11.1 Å². The first-order valence-corrected chi connectivity index (χ1v) is 4.99. The van der Waals surface area contributed by atoms with Crippen molar-refractivity contribution in [2.75, 3.05) is 0 Å². The fraction of sp³-hybridized carbons (Fsp3) is 0.0909. The predicted molar refractivity (Wildman–Crippen MR) is 57.5 cm³/mol. The van der Waals surface area contributed by atoms with E-state index in [1.165, 1.54) is 24.7 Å². The van der Waals surface area contributed by atoms with Gasteiger partial charge in [-0.15, -0.1) is 0 Å². The molecule has 0 aliphatic carbocycles. The molecule has 0 spiro atoms. The SMILES string of the molecule is FC(F)(F)c1ccc(-c2cncnc2Cl)cc1. The molecule has 6 heteroatoms. The van der Waals surface area contributed by atoms with Gasteiger partial charge in [0.2, 0.25) is 0 Å². The minimum absolute atomic E-state index is 0.208. The second kappa shape index (κ2) is 4.33. The van der Waals surface area contributed by atoms with Crippen LogP contribution in [0.2, 0.25) is 5.15 Å². The molecular formula is C11H6ClF3N2. The molecular weight excluding hydrogens is 253 g/mol. The molecule has 2 rings (SSSR count). The van der Waals surface area contributed by atoms with Crippen molar-refractivity contribution in [1.29, 1.82) is 0 Å². The van der Waals surface area contributed by atoms with Crippen LogP contribution < -0.4 is 0 Å². The Kier molecular flexibility index (Phi) is 3.02. The van der Waals surface area contributed by atoms with Gasteiger partial charge in [0.1, 0.15) is 11.5 Å². The Hall–Kier alpha value is -1.62. The van der Waals surface area contributed by atoms with Crippen LogP contribution in [0.3, 0.4) is 0 Å². The minimum Gasteiger partial charge on any atom is -0.244 e. The molecule has 17 heavy (non-hydrogen) atoms. The average Bonchev–Trinajstić information content (AvgIpc) is 2.29. The Bertz CT molecular complexity index is 523. The zero-order chi connectivity index (χ0) is 12.5. The van der Waals surface area contributed by atoms with Gasteiger partial charge in [-0.2, -0.15) is 13.2 Å². The van der Waals surface area contributed by atoms with Gasteiger partial charge in [0.15, 0.2) is 0 Å². The molecule has 0 saturated carbocycles. The van der Waals surface area contributed by atoms with Crippen LogP contribution >= 0.6 is 11.6 Å². The van der Waals surface area contributed by atoms with Gasteiger partial charge < -0.3 is 0 Å². The molecule has 0 bridgehead atoms. The number of halogens is 4. The number of nitrogens with zero attached hydrogens (tertiary/aromatic N) is 2. The molecule has 0 saturated heterocycles. The number of rotatable bonds is 1. The summed E-state index contributed by atoms with van der Waals surface area (Å²) in [6.45, 7) is 0. The molecule has 2 nitrogen and oxygen atoms in total. The molecule has 0 radical (unpaired) electrons. The summed E-state index contributed by atoms with van der Waals surface area (Å²) in [6, 6.07) is 4.68. The van der Waals surface area contributed by atoms with E-state index in [4.69, 9.17) is 11.6 Å². The van der Waals surface area contributed by atoms with Crippen LogP contribution in [0.5, 0.6) is 0 Å². The molecule has 1 aromatic heterocycles. The van der Waals surface area contributed by atoms with Gasteiger partial charge in [-0.25, -0.2) is 9.97 Å². The van der Waals surface area contributed by atoms with E-state index >= 15 is 0 Å². The van der Waals surface area contributed by atoms with Crippen molar-refractivity contribution in [3.63, 3.8) is 0 Å². The zero-order valence-electron chi connectivity index (χ0n) is 8.37. The molecule has 0 unspecified atom stereocenters. The second-order valence-electron chi connectivity index (χ2n) is 3.30. The Morgan fingerprint density at radius 2 is 1.71 bits per heavy atom. The first-order valence-electron chi connectivity index (χ1n) is 4.61. The Labute approximate surface area is 100 Å². The van der Waals surface area contributed by atoms with E-state index in [1.807, 2.05) is 0 Å². The van der Waals surface area contributed by atoms with Crippen molar-refractivity contribution in [3.8, 4) is 11.1 Å². The molecule has 0 N–H and O–H groups in total. The van der Waals surface area contributed by atoms with Crippen LogP contribution in [0.1, 0.15) is 5.56 Å². The van der Waals surface area contributed by atoms with Gasteiger partial charge in [-0.05, 0) is 17.7 Å². The second-order valence-corrected chi connectivity index (χ2v) is 3.66. The maximum atomic E-state index is 12.4. The maximum absolute atomic E-state index is 12.4. The van der Waals surface area contributed by atoms with E-state index in [-0.39, 0.29) is 5.15 Å². The van der Waals surface area contributed by atoms with E-state index in [1.54, 1.807) is 0 Å². The van der Waals surface area contributed by atoms with E-state index < -0.39 is 11.7 Å². The van der Waals surface area contributed by atoms with Gasteiger partial charge >= 0.3 is 6.18 Å². The molecule has 88 valence electrons. The third kappa shape index (κ3) is 2.55. The van der Waals surface area contributed by atoms with Gasteiger partial charge in [0.25, 0.3) is 0 Å². The highest BCUT2D eigenvalue weighted by atomic mass is 35.5. The normalized spacial score (nSPS) is 11.5. The van der Waals surface area contributed by atoms with E-state index in [0.29, 0.717) is 11.1 Å². The molecule has 0 atom stereocenters. The van der Waals surface area contributed by atoms with Crippen molar-refractivity contribution in [2.45, 2.75) is 6.18 Å². The summed E-state index contributed by atoms with van der Waals surface area (Å²) < 4.78 is 37.1. The number of hydrogen-bond donors (Lipinski definition) is 0. The van der Waals surface area contributed by atoms with Crippen molar-refractivity contribution < 1.29 is 13.2 Å². The topological polar surface area (TPSA) is 25.8 Å². The first-order chi connectivity index (χ1) is 7.98. The summed E-state index contributed by atoms with van der Waals surface area (Å²) in [5.41, 5.74) is 0.348. The molecule has 1 aromatic carbocycles. The van der Waals surface area contributed by atoms with Gasteiger partial charge in [0, 0.05) is 11.8 Å². The Morgan fingerprint density at radius 3 is 2.24 bits per heavy atom. The first kappa shape index (κ1) is 11.9. The van der Waals surface area contributed by atoms with Crippen LogP contribution in [0.15, 0.2) is 36.8 Å². The largest absolute Gasteiger partial charge is 0.416 e. The highest BCUT2D eigenvalue weighted by Crippen LogP contribution is 2.31. The monoisotopic (exact) mass is 258 g/mol. The van der Waals surface area contributed by atoms with Crippen LogP contribution in [-0.2, 0) is 6.18 Å². The Balaban J connectivity index is 2.40. The maximum Gasteiger partial charge on any atom is 0.416 e. The quantitative estimate of drug-likeness (QED) is 0.727. The summed E-state index contributed by atoms with van der Waals surface area (Å²) >= 11 is 5.82. The van der Waals surface area contributed by atoms with E-state index in [9.17, 15) is 13.2 Å². The van der Waals surface area contributed by atoms with Gasteiger partial charge in [0.05, 0.1) is 5.56 Å². The standard InChI is InChI=1S/C11H6ClF3N2/c12-10-9(5-16-6-17-10)7-1-3-8(4-2-7)11(13,14)15/h1-6H. The van der Waals surface area contributed by atoms with Gasteiger partial charge in [-0.3, -0.25) is 0 Å². The molecule has 0 aliphatic rings. The summed E-state index contributed by atoms with van der Waals surface area (Å²) in [4.78, 5) is 7.53. The average molecular weight is 259 g/mol. The smallest absolute Gasteiger partial charge is 0.244 e. The fourth-order valence-corrected chi connectivity index (χ4v) is 1.55. The highest BCUT2D eigenvalue weighted by molar-refractivity contribution is 6.32. The number of aromatic nitrogens is 2. The third-order valence-corrected chi connectivity index (χ3v) is 2.49. The van der Waals surface area contributed by atoms with Crippen LogP contribution in [-0.4, -0.2) is 9.97 Å². The van der Waals surface area contributed by atoms with Crippen molar-refractivity contribution >= 4 is 11.6 Å². The van der Waals surface area contributed by atoms with Gasteiger partial charge in [-0.1, -0.05) is 23.7 Å². The number of benzene rings is 1. The molecule has 0 aliphatic heterocycles. The number of hydrogen-bond acceptors (Lipinski definition) is 2.